The third-order valence-corrected chi connectivity index (χ3v) is 7.30. The van der Waals surface area contributed by atoms with E-state index in [9.17, 15) is 19.5 Å². The number of halogens is 2. The van der Waals surface area contributed by atoms with E-state index in [1.807, 2.05) is 11.8 Å². The first-order chi connectivity index (χ1) is 15.7. The highest BCUT2D eigenvalue weighted by Gasteiger charge is 2.31. The smallest absolute Gasteiger partial charge is 0.246 e. The van der Waals surface area contributed by atoms with Crippen LogP contribution in [0.25, 0.3) is 6.08 Å². The van der Waals surface area contributed by atoms with Gasteiger partial charge in [0.15, 0.2) is 0 Å². The van der Waals surface area contributed by atoms with Gasteiger partial charge in [0.2, 0.25) is 17.7 Å². The normalized spacial score (nSPS) is 19.2. The number of piperidine rings is 1. The molecule has 1 aromatic rings. The molecular weight excluding hydrogens is 465 g/mol. The lowest BCUT2D eigenvalue weighted by atomic mass is 9.81. The van der Waals surface area contributed by atoms with Crippen molar-refractivity contribution in [1.82, 2.24) is 14.7 Å². The Bertz CT molecular complexity index is 913. The second kappa shape index (κ2) is 11.4. The maximum absolute atomic E-state index is 12.6. The third kappa shape index (κ3) is 6.95. The molecule has 0 spiro atoms. The maximum atomic E-state index is 12.6. The van der Waals surface area contributed by atoms with E-state index in [-0.39, 0.29) is 42.6 Å². The molecule has 0 aliphatic carbocycles. The Morgan fingerprint density at radius 2 is 1.79 bits per heavy atom. The van der Waals surface area contributed by atoms with Gasteiger partial charge in [0.25, 0.3) is 0 Å². The molecule has 9 heteroatoms. The molecule has 0 bridgehead atoms. The lowest BCUT2D eigenvalue weighted by Crippen LogP contribution is -2.44. The Labute approximate surface area is 204 Å². The molecule has 3 rings (SSSR count). The number of benzene rings is 1. The lowest BCUT2D eigenvalue weighted by Gasteiger charge is -2.38. The number of hydrogen-bond donors (Lipinski definition) is 1. The van der Waals surface area contributed by atoms with E-state index in [2.05, 4.69) is 0 Å². The molecule has 33 heavy (non-hydrogen) atoms. The van der Waals surface area contributed by atoms with Crippen LogP contribution in [0.4, 0.5) is 0 Å². The average molecular weight is 496 g/mol. The molecule has 3 amide bonds. The van der Waals surface area contributed by atoms with Crippen molar-refractivity contribution in [3.8, 4) is 0 Å². The molecule has 0 atom stereocenters. The third-order valence-electron chi connectivity index (χ3n) is 6.56. The van der Waals surface area contributed by atoms with E-state index >= 15 is 0 Å². The second-order valence-corrected chi connectivity index (χ2v) is 9.88. The second-order valence-electron chi connectivity index (χ2n) is 9.06. The van der Waals surface area contributed by atoms with Crippen LogP contribution in [0.3, 0.4) is 0 Å². The summed E-state index contributed by atoms with van der Waals surface area (Å²) in [5, 5.41) is 10.4. The van der Waals surface area contributed by atoms with Crippen LogP contribution in [0.5, 0.6) is 0 Å². The first-order valence-electron chi connectivity index (χ1n) is 11.3. The summed E-state index contributed by atoms with van der Waals surface area (Å²) in [5.41, 5.74) is 0.655. The number of amides is 3. The van der Waals surface area contributed by atoms with Gasteiger partial charge in [0.05, 0.1) is 10.0 Å². The molecule has 2 aliphatic heterocycles. The summed E-state index contributed by atoms with van der Waals surface area (Å²) in [7, 11) is 0. The Balaban J connectivity index is 1.48. The molecule has 0 radical (unpaired) electrons. The number of carbonyl (C=O) groups is 3. The van der Waals surface area contributed by atoms with Gasteiger partial charge in [0, 0.05) is 64.8 Å². The number of likely N-dealkylation sites (tertiary alicyclic amines) is 1. The van der Waals surface area contributed by atoms with Crippen molar-refractivity contribution in [2.45, 2.75) is 32.6 Å². The van der Waals surface area contributed by atoms with E-state index in [4.69, 9.17) is 23.2 Å². The summed E-state index contributed by atoms with van der Waals surface area (Å²) in [6.45, 7) is 4.97. The molecule has 0 aromatic heterocycles. The minimum Gasteiger partial charge on any atom is -0.396 e. The molecule has 7 nitrogen and oxygen atoms in total. The minimum absolute atomic E-state index is 0.0320. The van der Waals surface area contributed by atoms with Gasteiger partial charge in [-0.05, 0) is 42.0 Å². The number of carbonyl (C=O) groups excluding carboxylic acids is 3. The highest BCUT2D eigenvalue weighted by Crippen LogP contribution is 2.30. The predicted molar refractivity (Wildman–Crippen MR) is 129 cm³/mol. The first-order valence-corrected chi connectivity index (χ1v) is 12.0. The van der Waals surface area contributed by atoms with Crippen LogP contribution in [0.1, 0.15) is 38.2 Å². The fourth-order valence-electron chi connectivity index (χ4n) is 4.06. The highest BCUT2D eigenvalue weighted by molar-refractivity contribution is 6.42. The van der Waals surface area contributed by atoms with Gasteiger partial charge < -0.3 is 19.8 Å². The minimum atomic E-state index is -0.174. The molecule has 1 N–H and O–H groups in total. The summed E-state index contributed by atoms with van der Waals surface area (Å²) in [5.74, 6) is -0.186. The van der Waals surface area contributed by atoms with Crippen LogP contribution >= 0.6 is 23.2 Å². The van der Waals surface area contributed by atoms with Gasteiger partial charge in [-0.25, -0.2) is 0 Å². The number of aliphatic hydroxyl groups is 1. The van der Waals surface area contributed by atoms with E-state index in [0.29, 0.717) is 49.3 Å². The molecule has 2 fully saturated rings. The fourth-order valence-corrected chi connectivity index (χ4v) is 4.36. The molecule has 1 aromatic carbocycles. The van der Waals surface area contributed by atoms with Crippen LogP contribution < -0.4 is 0 Å². The van der Waals surface area contributed by atoms with Gasteiger partial charge in [-0.1, -0.05) is 36.2 Å². The number of hydrogen-bond acceptors (Lipinski definition) is 4. The molecule has 180 valence electrons. The van der Waals surface area contributed by atoms with Gasteiger partial charge in [-0.2, -0.15) is 0 Å². The van der Waals surface area contributed by atoms with E-state index in [1.165, 1.54) is 6.08 Å². The summed E-state index contributed by atoms with van der Waals surface area (Å²) in [6, 6.07) is 5.13. The lowest BCUT2D eigenvalue weighted by molar-refractivity contribution is -0.135. The van der Waals surface area contributed by atoms with Crippen molar-refractivity contribution >= 4 is 47.0 Å². The largest absolute Gasteiger partial charge is 0.396 e. The topological polar surface area (TPSA) is 81.2 Å². The van der Waals surface area contributed by atoms with Crippen molar-refractivity contribution in [2.75, 3.05) is 45.9 Å². The Hall–Kier alpha value is -2.09. The first kappa shape index (κ1) is 25.5. The van der Waals surface area contributed by atoms with Gasteiger partial charge in [-0.3, -0.25) is 14.4 Å². The van der Waals surface area contributed by atoms with E-state index < -0.39 is 0 Å². The quantitative estimate of drug-likeness (QED) is 0.614. The molecule has 2 saturated heterocycles. The molecule has 2 aliphatic rings. The summed E-state index contributed by atoms with van der Waals surface area (Å²) < 4.78 is 0. The van der Waals surface area contributed by atoms with Crippen molar-refractivity contribution < 1.29 is 19.5 Å². The van der Waals surface area contributed by atoms with Crippen LogP contribution in [-0.4, -0.2) is 83.4 Å². The van der Waals surface area contributed by atoms with Crippen molar-refractivity contribution in [3.63, 3.8) is 0 Å². The zero-order valence-corrected chi connectivity index (χ0v) is 20.4. The van der Waals surface area contributed by atoms with Gasteiger partial charge in [0.1, 0.15) is 0 Å². The monoisotopic (exact) mass is 495 g/mol. The van der Waals surface area contributed by atoms with Crippen molar-refractivity contribution in [1.29, 1.82) is 0 Å². The van der Waals surface area contributed by atoms with E-state index in [0.717, 1.165) is 18.4 Å². The summed E-state index contributed by atoms with van der Waals surface area (Å²) in [6.07, 6.45) is 5.22. The van der Waals surface area contributed by atoms with Crippen molar-refractivity contribution in [2.24, 2.45) is 5.41 Å². The SMILES string of the molecule is CC1(CO)CCN(C(=O)CCN2CCN(C(=O)/C=C/c3ccc(Cl)c(Cl)c3)CCC2=O)CC1. The Kier molecular flexibility index (Phi) is 8.79. The summed E-state index contributed by atoms with van der Waals surface area (Å²) in [4.78, 5) is 42.9. The number of rotatable bonds is 6. The van der Waals surface area contributed by atoms with Crippen LogP contribution in [0.15, 0.2) is 24.3 Å². The Morgan fingerprint density at radius 3 is 2.45 bits per heavy atom. The Morgan fingerprint density at radius 1 is 1.06 bits per heavy atom. The van der Waals surface area contributed by atoms with Crippen LogP contribution in [0.2, 0.25) is 10.0 Å². The van der Waals surface area contributed by atoms with Gasteiger partial charge in [-0.15, -0.1) is 0 Å². The standard InChI is InChI=1S/C24H31Cl2N3O4/c1-24(17-30)8-12-29(13-9-24)23(33)7-11-28-15-14-27(10-6-22(28)32)21(31)5-3-18-2-4-19(25)20(26)16-18/h2-5,16,30H,6-15,17H2,1H3/b5-3+. The molecular formula is C24H31Cl2N3O4. The fraction of sp³-hybridized carbons (Fsp3) is 0.542. The highest BCUT2D eigenvalue weighted by atomic mass is 35.5. The van der Waals surface area contributed by atoms with Crippen LogP contribution in [0, 0.1) is 5.41 Å². The van der Waals surface area contributed by atoms with Gasteiger partial charge >= 0.3 is 0 Å². The number of nitrogens with zero attached hydrogens (tertiary/aromatic N) is 3. The predicted octanol–water partition coefficient (Wildman–Crippen LogP) is 3.08. The molecule has 0 unspecified atom stereocenters. The molecule has 0 saturated carbocycles. The maximum Gasteiger partial charge on any atom is 0.246 e. The summed E-state index contributed by atoms with van der Waals surface area (Å²) >= 11 is 11.9. The van der Waals surface area contributed by atoms with Crippen molar-refractivity contribution in [3.05, 3.63) is 39.9 Å². The zero-order chi connectivity index (χ0) is 24.0. The molecule has 2 heterocycles. The average Bonchev–Trinajstić information content (AvgIpc) is 3.00. The zero-order valence-electron chi connectivity index (χ0n) is 18.9. The number of aliphatic hydroxyl groups excluding tert-OH is 1. The van der Waals surface area contributed by atoms with Crippen LogP contribution in [-0.2, 0) is 14.4 Å². The van der Waals surface area contributed by atoms with E-state index in [1.54, 1.807) is 34.1 Å².